The third-order valence-corrected chi connectivity index (χ3v) is 4.68. The summed E-state index contributed by atoms with van der Waals surface area (Å²) in [7, 11) is 0. The average molecular weight is 336 g/mol. The van der Waals surface area contributed by atoms with E-state index in [-0.39, 0.29) is 17.9 Å². The van der Waals surface area contributed by atoms with Crippen molar-refractivity contribution in [3.05, 3.63) is 71.3 Å². The predicted molar refractivity (Wildman–Crippen MR) is 97.7 cm³/mol. The Morgan fingerprint density at radius 3 is 2.52 bits per heavy atom. The van der Waals surface area contributed by atoms with E-state index < -0.39 is 0 Å². The fraction of sp³-hybridized carbons (Fsp3) is 0.333. The number of hydrogen-bond acceptors (Lipinski definition) is 2. The second kappa shape index (κ2) is 7.97. The van der Waals surface area contributed by atoms with Gasteiger partial charge in [-0.05, 0) is 24.5 Å². The van der Waals surface area contributed by atoms with Crippen molar-refractivity contribution in [2.75, 3.05) is 0 Å². The van der Waals surface area contributed by atoms with E-state index in [1.807, 2.05) is 54.3 Å². The van der Waals surface area contributed by atoms with Gasteiger partial charge < -0.3 is 10.2 Å². The molecule has 1 N–H and O–H groups in total. The number of likely N-dealkylation sites (tertiary alicyclic amines) is 1. The molecule has 3 rings (SSSR count). The molecule has 1 heterocycles. The quantitative estimate of drug-likeness (QED) is 0.881. The highest BCUT2D eigenvalue weighted by atomic mass is 16.2. The van der Waals surface area contributed by atoms with Crippen LogP contribution >= 0.6 is 0 Å². The average Bonchev–Trinajstić information content (AvgIpc) is 2.96. The Kier molecular flexibility index (Phi) is 5.49. The van der Waals surface area contributed by atoms with Gasteiger partial charge in [0.25, 0.3) is 0 Å². The van der Waals surface area contributed by atoms with Gasteiger partial charge in [-0.15, -0.1) is 0 Å². The summed E-state index contributed by atoms with van der Waals surface area (Å²) in [4.78, 5) is 26.3. The monoisotopic (exact) mass is 336 g/mol. The molecule has 2 aromatic rings. The predicted octanol–water partition coefficient (Wildman–Crippen LogP) is 3.19. The Morgan fingerprint density at radius 2 is 1.80 bits per heavy atom. The zero-order valence-corrected chi connectivity index (χ0v) is 14.6. The van der Waals surface area contributed by atoms with Gasteiger partial charge in [-0.3, -0.25) is 9.59 Å². The molecular weight excluding hydrogens is 312 g/mol. The van der Waals surface area contributed by atoms with E-state index in [9.17, 15) is 9.59 Å². The lowest BCUT2D eigenvalue weighted by Gasteiger charge is -2.24. The minimum atomic E-state index is -0.00965. The molecule has 2 aromatic carbocycles. The second-order valence-electron chi connectivity index (χ2n) is 6.67. The second-order valence-corrected chi connectivity index (χ2v) is 6.67. The van der Waals surface area contributed by atoms with Crippen LogP contribution < -0.4 is 5.32 Å². The minimum absolute atomic E-state index is 0.00235. The SMILES string of the molecule is Cc1ccc(CN2C(=O)CCC2CC(=O)NCc2ccccc2)cc1. The van der Waals surface area contributed by atoms with Crippen LogP contribution in [0.25, 0.3) is 0 Å². The molecule has 1 atom stereocenters. The van der Waals surface area contributed by atoms with E-state index in [0.717, 1.165) is 17.5 Å². The summed E-state index contributed by atoms with van der Waals surface area (Å²) >= 11 is 0. The summed E-state index contributed by atoms with van der Waals surface area (Å²) in [5, 5.41) is 2.96. The molecule has 1 unspecified atom stereocenters. The highest BCUT2D eigenvalue weighted by Crippen LogP contribution is 2.24. The van der Waals surface area contributed by atoms with Crippen LogP contribution in [-0.2, 0) is 22.7 Å². The third kappa shape index (κ3) is 4.69. The van der Waals surface area contributed by atoms with E-state index in [2.05, 4.69) is 17.4 Å². The Labute approximate surface area is 148 Å². The molecule has 4 nitrogen and oxygen atoms in total. The van der Waals surface area contributed by atoms with Crippen molar-refractivity contribution in [3.63, 3.8) is 0 Å². The minimum Gasteiger partial charge on any atom is -0.352 e. The molecule has 0 aliphatic carbocycles. The number of carbonyl (C=O) groups is 2. The van der Waals surface area contributed by atoms with Crippen molar-refractivity contribution in [1.82, 2.24) is 10.2 Å². The molecule has 1 saturated heterocycles. The molecule has 1 aliphatic rings. The summed E-state index contributed by atoms with van der Waals surface area (Å²) < 4.78 is 0. The summed E-state index contributed by atoms with van der Waals surface area (Å²) in [5.74, 6) is 0.138. The van der Waals surface area contributed by atoms with E-state index in [0.29, 0.717) is 25.9 Å². The first-order valence-electron chi connectivity index (χ1n) is 8.77. The van der Waals surface area contributed by atoms with Crippen LogP contribution in [0.1, 0.15) is 36.0 Å². The zero-order valence-electron chi connectivity index (χ0n) is 14.6. The molecule has 130 valence electrons. The number of hydrogen-bond donors (Lipinski definition) is 1. The lowest BCUT2D eigenvalue weighted by molar-refractivity contribution is -0.130. The van der Waals surface area contributed by atoms with Crippen molar-refractivity contribution in [2.24, 2.45) is 0 Å². The maximum absolute atomic E-state index is 12.3. The van der Waals surface area contributed by atoms with Crippen LogP contribution in [0.15, 0.2) is 54.6 Å². The molecular formula is C21H24N2O2. The van der Waals surface area contributed by atoms with Crippen LogP contribution in [0, 0.1) is 6.92 Å². The van der Waals surface area contributed by atoms with Crippen LogP contribution in [-0.4, -0.2) is 22.8 Å². The van der Waals surface area contributed by atoms with Crippen molar-refractivity contribution >= 4 is 11.8 Å². The largest absolute Gasteiger partial charge is 0.352 e. The van der Waals surface area contributed by atoms with Gasteiger partial charge in [-0.1, -0.05) is 60.2 Å². The van der Waals surface area contributed by atoms with E-state index >= 15 is 0 Å². The summed E-state index contributed by atoms with van der Waals surface area (Å²) in [5.41, 5.74) is 3.39. The summed E-state index contributed by atoms with van der Waals surface area (Å²) in [6.45, 7) is 3.15. The van der Waals surface area contributed by atoms with Gasteiger partial charge in [0, 0.05) is 32.0 Å². The number of aryl methyl sites for hydroxylation is 1. The van der Waals surface area contributed by atoms with Crippen LogP contribution in [0.3, 0.4) is 0 Å². The fourth-order valence-corrected chi connectivity index (χ4v) is 3.20. The Bertz CT molecular complexity index is 725. The Hall–Kier alpha value is -2.62. The Morgan fingerprint density at radius 1 is 1.08 bits per heavy atom. The van der Waals surface area contributed by atoms with Gasteiger partial charge in [-0.2, -0.15) is 0 Å². The molecule has 25 heavy (non-hydrogen) atoms. The lowest BCUT2D eigenvalue weighted by Crippen LogP contribution is -2.36. The molecule has 1 fully saturated rings. The van der Waals surface area contributed by atoms with E-state index in [4.69, 9.17) is 0 Å². The molecule has 0 bridgehead atoms. The lowest BCUT2D eigenvalue weighted by atomic mass is 10.1. The number of benzene rings is 2. The molecule has 0 saturated carbocycles. The van der Waals surface area contributed by atoms with Crippen molar-refractivity contribution in [2.45, 2.75) is 45.3 Å². The number of amides is 2. The highest BCUT2D eigenvalue weighted by molar-refractivity contribution is 5.82. The molecule has 2 amide bonds. The maximum Gasteiger partial charge on any atom is 0.223 e. The van der Waals surface area contributed by atoms with Crippen LogP contribution in [0.4, 0.5) is 0 Å². The summed E-state index contributed by atoms with van der Waals surface area (Å²) in [6.07, 6.45) is 1.65. The fourth-order valence-electron chi connectivity index (χ4n) is 3.20. The first kappa shape index (κ1) is 17.2. The first-order chi connectivity index (χ1) is 12.1. The van der Waals surface area contributed by atoms with Gasteiger partial charge in [0.1, 0.15) is 0 Å². The number of carbonyl (C=O) groups excluding carboxylic acids is 2. The molecule has 4 heteroatoms. The molecule has 1 aliphatic heterocycles. The van der Waals surface area contributed by atoms with Gasteiger partial charge in [0.05, 0.1) is 0 Å². The third-order valence-electron chi connectivity index (χ3n) is 4.68. The van der Waals surface area contributed by atoms with Crippen LogP contribution in [0.5, 0.6) is 0 Å². The first-order valence-corrected chi connectivity index (χ1v) is 8.77. The number of rotatable bonds is 6. The highest BCUT2D eigenvalue weighted by Gasteiger charge is 2.32. The van der Waals surface area contributed by atoms with Gasteiger partial charge in [-0.25, -0.2) is 0 Å². The zero-order chi connectivity index (χ0) is 17.6. The van der Waals surface area contributed by atoms with Crippen molar-refractivity contribution in [1.29, 1.82) is 0 Å². The van der Waals surface area contributed by atoms with Gasteiger partial charge >= 0.3 is 0 Å². The molecule has 0 radical (unpaired) electrons. The van der Waals surface area contributed by atoms with Crippen molar-refractivity contribution in [3.8, 4) is 0 Å². The Balaban J connectivity index is 1.55. The van der Waals surface area contributed by atoms with Gasteiger partial charge in [0.2, 0.25) is 11.8 Å². The smallest absolute Gasteiger partial charge is 0.223 e. The normalized spacial score (nSPS) is 16.9. The van der Waals surface area contributed by atoms with Gasteiger partial charge in [0.15, 0.2) is 0 Å². The van der Waals surface area contributed by atoms with E-state index in [1.165, 1.54) is 5.56 Å². The standard InChI is InChI=1S/C21H24N2O2/c1-16-7-9-18(10-8-16)15-23-19(11-12-21(23)25)13-20(24)22-14-17-5-3-2-4-6-17/h2-10,19H,11-15H2,1H3,(H,22,24). The maximum atomic E-state index is 12.3. The molecule has 0 spiro atoms. The topological polar surface area (TPSA) is 49.4 Å². The summed E-state index contributed by atoms with van der Waals surface area (Å²) in [6, 6.07) is 18.0. The number of nitrogens with zero attached hydrogens (tertiary/aromatic N) is 1. The number of nitrogens with one attached hydrogen (secondary N) is 1. The van der Waals surface area contributed by atoms with Crippen molar-refractivity contribution < 1.29 is 9.59 Å². The molecule has 0 aromatic heterocycles. The van der Waals surface area contributed by atoms with E-state index in [1.54, 1.807) is 0 Å². The van der Waals surface area contributed by atoms with Crippen LogP contribution in [0.2, 0.25) is 0 Å².